The Morgan fingerprint density at radius 2 is 1.59 bits per heavy atom. The van der Waals surface area contributed by atoms with Gasteiger partial charge in [0.25, 0.3) is 0 Å². The van der Waals surface area contributed by atoms with E-state index < -0.39 is 6.04 Å². The first-order valence-corrected chi connectivity index (χ1v) is 13.9. The largest absolute Gasteiger partial charge is 0.497 e. The van der Waals surface area contributed by atoms with Crippen LogP contribution in [-0.2, 0) is 9.59 Å². The Labute approximate surface area is 231 Å². The molecule has 3 aromatic carbocycles. The van der Waals surface area contributed by atoms with Crippen molar-refractivity contribution in [2.24, 2.45) is 0 Å². The molecule has 0 aromatic heterocycles. The molecule has 6 heteroatoms. The molecule has 0 saturated heterocycles. The fourth-order valence-corrected chi connectivity index (χ4v) is 5.92. The molecule has 39 heavy (non-hydrogen) atoms. The van der Waals surface area contributed by atoms with Crippen LogP contribution in [0.25, 0.3) is 0 Å². The zero-order chi connectivity index (χ0) is 27.5. The number of ether oxygens (including phenoxy) is 1. The van der Waals surface area contributed by atoms with Crippen molar-refractivity contribution in [1.82, 2.24) is 0 Å². The molecule has 1 amide bonds. The zero-order valence-corrected chi connectivity index (χ0v) is 23.2. The first-order valence-electron chi connectivity index (χ1n) is 13.9. The van der Waals surface area contributed by atoms with E-state index in [-0.39, 0.29) is 17.6 Å². The van der Waals surface area contributed by atoms with Crippen LogP contribution in [0.15, 0.2) is 84.1 Å². The van der Waals surface area contributed by atoms with E-state index in [4.69, 9.17) is 4.74 Å². The molecule has 0 spiro atoms. The van der Waals surface area contributed by atoms with Crippen molar-refractivity contribution in [2.45, 2.75) is 52.0 Å². The molecule has 1 heterocycles. The number of nitrogens with one attached hydrogen (secondary N) is 1. The summed E-state index contributed by atoms with van der Waals surface area (Å²) >= 11 is 0. The van der Waals surface area contributed by atoms with Gasteiger partial charge in [0.1, 0.15) is 5.75 Å². The van der Waals surface area contributed by atoms with Gasteiger partial charge in [0, 0.05) is 42.9 Å². The van der Waals surface area contributed by atoms with Gasteiger partial charge in [-0.1, -0.05) is 43.3 Å². The van der Waals surface area contributed by atoms with E-state index in [1.165, 1.54) is 0 Å². The third-order valence-corrected chi connectivity index (χ3v) is 7.98. The average Bonchev–Trinajstić information content (AvgIpc) is 3.12. The van der Waals surface area contributed by atoms with Gasteiger partial charge in [-0.15, -0.1) is 0 Å². The maximum atomic E-state index is 14.1. The van der Waals surface area contributed by atoms with Crippen LogP contribution >= 0.6 is 0 Å². The molecular formula is C33H37N3O3. The standard InChI is InChI=1S/C33H37N3O3/c1-5-31(38)36-29-11-9-8-10-27(29)34-28-20-24(22-14-18-26(39-4)19-15-22)21-30(37)32(28)33(36)23-12-16-25(17-13-23)35(6-2)7-3/h8-19,24,33-34H,5-7,20-21H2,1-4H3/t24-,33-/m1/s1. The molecule has 1 aliphatic heterocycles. The minimum atomic E-state index is -0.501. The molecule has 0 radical (unpaired) electrons. The monoisotopic (exact) mass is 523 g/mol. The van der Waals surface area contributed by atoms with Crippen molar-refractivity contribution in [1.29, 1.82) is 0 Å². The molecule has 2 atom stereocenters. The van der Waals surface area contributed by atoms with Crippen LogP contribution in [0.2, 0.25) is 0 Å². The molecule has 3 aromatic rings. The first-order chi connectivity index (χ1) is 19.0. The van der Waals surface area contributed by atoms with E-state index in [0.29, 0.717) is 24.8 Å². The molecule has 0 fully saturated rings. The molecular weight excluding hydrogens is 486 g/mol. The second-order valence-corrected chi connectivity index (χ2v) is 10.1. The van der Waals surface area contributed by atoms with Gasteiger partial charge >= 0.3 is 0 Å². The molecule has 1 aliphatic carbocycles. The van der Waals surface area contributed by atoms with Gasteiger partial charge in [0.05, 0.1) is 24.5 Å². The van der Waals surface area contributed by atoms with Crippen molar-refractivity contribution < 1.29 is 14.3 Å². The highest BCUT2D eigenvalue weighted by atomic mass is 16.5. The van der Waals surface area contributed by atoms with Gasteiger partial charge in [-0.05, 0) is 73.7 Å². The molecule has 0 unspecified atom stereocenters. The highest BCUT2D eigenvalue weighted by Gasteiger charge is 2.41. The van der Waals surface area contributed by atoms with E-state index in [1.54, 1.807) is 7.11 Å². The van der Waals surface area contributed by atoms with Crippen molar-refractivity contribution in [3.8, 4) is 5.75 Å². The minimum Gasteiger partial charge on any atom is -0.497 e. The quantitative estimate of drug-likeness (QED) is 0.367. The Hall–Kier alpha value is -4.06. The second kappa shape index (κ2) is 11.4. The number of allylic oxidation sites excluding steroid dienone is 1. The van der Waals surface area contributed by atoms with Crippen LogP contribution in [0.5, 0.6) is 5.75 Å². The summed E-state index contributed by atoms with van der Waals surface area (Å²) in [6.45, 7) is 7.99. The number of benzene rings is 3. The Kier molecular flexibility index (Phi) is 7.73. The second-order valence-electron chi connectivity index (χ2n) is 10.1. The van der Waals surface area contributed by atoms with Gasteiger partial charge in [-0.2, -0.15) is 0 Å². The number of methoxy groups -OCH3 is 1. The number of ketones is 1. The Balaban J connectivity index is 1.64. The van der Waals surface area contributed by atoms with Crippen LogP contribution in [0.3, 0.4) is 0 Å². The van der Waals surface area contributed by atoms with Crippen LogP contribution < -0.4 is 19.9 Å². The number of hydrogen-bond donors (Lipinski definition) is 1. The SMILES string of the molecule is CCC(=O)N1c2ccccc2NC2=C(C(=O)C[C@H](c3ccc(OC)cc3)C2)[C@H]1c1ccc(N(CC)CC)cc1. The van der Waals surface area contributed by atoms with E-state index in [2.05, 4.69) is 48.3 Å². The summed E-state index contributed by atoms with van der Waals surface area (Å²) in [7, 11) is 1.65. The summed E-state index contributed by atoms with van der Waals surface area (Å²) in [6, 6.07) is 23.7. The number of fused-ring (bicyclic) bond motifs is 1. The third kappa shape index (κ3) is 5.03. The number of anilines is 3. The summed E-state index contributed by atoms with van der Waals surface area (Å²) in [4.78, 5) is 31.8. The molecule has 2 aliphatic rings. The van der Waals surface area contributed by atoms with Crippen LogP contribution in [0.1, 0.15) is 63.1 Å². The third-order valence-electron chi connectivity index (χ3n) is 7.98. The predicted octanol–water partition coefficient (Wildman–Crippen LogP) is 6.85. The maximum Gasteiger partial charge on any atom is 0.227 e. The first kappa shape index (κ1) is 26.5. The molecule has 5 rings (SSSR count). The van der Waals surface area contributed by atoms with E-state index in [0.717, 1.165) is 52.7 Å². The fraction of sp³-hybridized carbons (Fsp3) is 0.333. The average molecular weight is 524 g/mol. The normalized spacial score (nSPS) is 18.6. The van der Waals surface area contributed by atoms with Crippen molar-refractivity contribution in [3.05, 3.63) is 95.2 Å². The summed E-state index contributed by atoms with van der Waals surface area (Å²) < 4.78 is 5.34. The Morgan fingerprint density at radius 1 is 0.923 bits per heavy atom. The molecule has 6 nitrogen and oxygen atoms in total. The van der Waals surface area contributed by atoms with Crippen LogP contribution in [-0.4, -0.2) is 31.9 Å². The van der Waals surface area contributed by atoms with Gasteiger partial charge in [0.2, 0.25) is 5.91 Å². The number of nitrogens with zero attached hydrogens (tertiary/aromatic N) is 2. The van der Waals surface area contributed by atoms with Gasteiger partial charge in [-0.25, -0.2) is 0 Å². The van der Waals surface area contributed by atoms with E-state index >= 15 is 0 Å². The van der Waals surface area contributed by atoms with E-state index in [1.807, 2.05) is 60.4 Å². The number of rotatable bonds is 7. The van der Waals surface area contributed by atoms with Crippen molar-refractivity contribution in [2.75, 3.05) is 35.3 Å². The lowest BCUT2D eigenvalue weighted by atomic mass is 9.78. The van der Waals surface area contributed by atoms with Gasteiger partial charge < -0.3 is 15.0 Å². The van der Waals surface area contributed by atoms with Crippen molar-refractivity contribution in [3.63, 3.8) is 0 Å². The Bertz CT molecular complexity index is 1370. The van der Waals surface area contributed by atoms with E-state index in [9.17, 15) is 9.59 Å². The number of carbonyl (C=O) groups excluding carboxylic acids is 2. The van der Waals surface area contributed by atoms with Crippen LogP contribution in [0.4, 0.5) is 17.1 Å². The smallest absolute Gasteiger partial charge is 0.227 e. The lowest BCUT2D eigenvalue weighted by Gasteiger charge is -2.35. The summed E-state index contributed by atoms with van der Waals surface area (Å²) in [5, 5.41) is 3.60. The number of hydrogen-bond acceptors (Lipinski definition) is 5. The number of carbonyl (C=O) groups is 2. The molecule has 0 bridgehead atoms. The van der Waals surface area contributed by atoms with Gasteiger partial charge in [-0.3, -0.25) is 14.5 Å². The Morgan fingerprint density at radius 3 is 2.23 bits per heavy atom. The summed E-state index contributed by atoms with van der Waals surface area (Å²) in [6.07, 6.45) is 1.42. The molecule has 202 valence electrons. The van der Waals surface area contributed by atoms with Gasteiger partial charge in [0.15, 0.2) is 5.78 Å². The zero-order valence-electron chi connectivity index (χ0n) is 23.2. The highest BCUT2D eigenvalue weighted by Crippen LogP contribution is 2.47. The molecule has 0 saturated carbocycles. The molecule has 1 N–H and O–H groups in total. The number of amides is 1. The highest BCUT2D eigenvalue weighted by molar-refractivity contribution is 6.06. The van der Waals surface area contributed by atoms with Crippen LogP contribution in [0, 0.1) is 0 Å². The summed E-state index contributed by atoms with van der Waals surface area (Å²) in [5.74, 6) is 0.898. The minimum absolute atomic E-state index is 0.0131. The lowest BCUT2D eigenvalue weighted by molar-refractivity contribution is -0.119. The maximum absolute atomic E-state index is 14.1. The topological polar surface area (TPSA) is 61.9 Å². The predicted molar refractivity (Wildman–Crippen MR) is 158 cm³/mol. The number of para-hydroxylation sites is 2. The lowest BCUT2D eigenvalue weighted by Crippen LogP contribution is -2.38. The summed E-state index contributed by atoms with van der Waals surface area (Å²) in [5.41, 5.74) is 6.40. The number of Topliss-reactive ketones (excluding diaryl/α,β-unsaturated/α-hetero) is 1. The fourth-order valence-electron chi connectivity index (χ4n) is 5.92. The van der Waals surface area contributed by atoms with Crippen molar-refractivity contribution >= 4 is 28.8 Å².